The first-order valence-electron chi connectivity index (χ1n) is 24.7. The summed E-state index contributed by atoms with van der Waals surface area (Å²) in [6.45, 7) is 31.0. The van der Waals surface area contributed by atoms with Gasteiger partial charge in [-0.15, -0.1) is 17.5 Å². The van der Waals surface area contributed by atoms with Gasteiger partial charge in [-0.25, -0.2) is 0 Å². The Morgan fingerprint density at radius 1 is 0.543 bits per heavy atom. The lowest BCUT2D eigenvalue weighted by Gasteiger charge is -2.45. The molecule has 4 aromatic carbocycles. The molecule has 4 nitrogen and oxygen atoms in total. The summed E-state index contributed by atoms with van der Waals surface area (Å²) in [4.78, 5) is 10.6. The predicted octanol–water partition coefficient (Wildman–Crippen LogP) is 11.2. The molecule has 0 fully saturated rings. The maximum atomic E-state index is 10.6. The van der Waals surface area contributed by atoms with E-state index >= 15 is 0 Å². The Balaban J connectivity index is 0.000000424. The molecule has 368 valence electrons. The average Bonchev–Trinajstić information content (AvgIpc) is 3.31. The van der Waals surface area contributed by atoms with Crippen LogP contribution in [0.2, 0.25) is 49.4 Å². The maximum absolute atomic E-state index is 10.6. The molecule has 3 atom stereocenters. The quantitative estimate of drug-likeness (QED) is 0.0777. The first-order valence-corrected chi connectivity index (χ1v) is 35.5. The fourth-order valence-electron chi connectivity index (χ4n) is 8.00. The number of aliphatic hydroxyl groups excluding tert-OH is 1. The van der Waals surface area contributed by atoms with Crippen molar-refractivity contribution < 1.29 is 18.8 Å². The van der Waals surface area contributed by atoms with Crippen LogP contribution < -0.4 is 20.7 Å². The molecule has 0 radical (unpaired) electrons. The van der Waals surface area contributed by atoms with Crippen LogP contribution in [0.3, 0.4) is 0 Å². The molecule has 0 amide bonds. The van der Waals surface area contributed by atoms with Gasteiger partial charge in [0.05, 0.1) is 12.2 Å². The number of hydrogen-bond donors (Lipinski definition) is 1. The fourth-order valence-corrected chi connectivity index (χ4v) is 18.3. The summed E-state index contributed by atoms with van der Waals surface area (Å²) in [6.07, 6.45) is 9.55. The Morgan fingerprint density at radius 2 is 0.886 bits per heavy atom. The third-order valence-electron chi connectivity index (χ3n) is 11.0. The third kappa shape index (κ3) is 20.2. The fraction of sp³-hybridized carbons (Fsp3) is 0.403. The van der Waals surface area contributed by atoms with Crippen LogP contribution in [-0.4, -0.2) is 62.5 Å². The summed E-state index contributed by atoms with van der Waals surface area (Å²) in [7, 11) is -7.86. The molecular formula is C62H80O4Si4. The highest BCUT2D eigenvalue weighted by Crippen LogP contribution is 2.39. The molecule has 0 aromatic heterocycles. The average molecular weight is 1000 g/mol. The van der Waals surface area contributed by atoms with E-state index in [9.17, 15) is 9.90 Å². The Bertz CT molecular complexity index is 2460. The minimum absolute atomic E-state index is 0.00811. The lowest BCUT2D eigenvalue weighted by Crippen LogP contribution is -2.67. The monoisotopic (exact) mass is 1000 g/mol. The predicted molar refractivity (Wildman–Crippen MR) is 311 cm³/mol. The van der Waals surface area contributed by atoms with Crippen LogP contribution in [0.25, 0.3) is 0 Å². The van der Waals surface area contributed by atoms with Gasteiger partial charge < -0.3 is 14.0 Å². The molecule has 0 heterocycles. The molecule has 0 spiro atoms. The smallest absolute Gasteiger partial charge is 0.261 e. The Hall–Kier alpha value is -5.34. The van der Waals surface area contributed by atoms with Gasteiger partial charge in [0, 0.05) is 12.8 Å². The summed E-state index contributed by atoms with van der Waals surface area (Å²) in [5, 5.41) is 15.1. The number of aldehydes is 1. The topological polar surface area (TPSA) is 55.8 Å². The molecule has 8 heteroatoms. The second-order valence-electron chi connectivity index (χ2n) is 21.4. The second kappa shape index (κ2) is 29.7. The molecule has 4 rings (SSSR count). The zero-order chi connectivity index (χ0) is 52.3. The number of terminal acetylenes is 1. The van der Waals surface area contributed by atoms with Crippen molar-refractivity contribution in [3.8, 4) is 70.8 Å². The van der Waals surface area contributed by atoms with Crippen molar-refractivity contribution in [3.63, 3.8) is 0 Å². The Labute approximate surface area is 429 Å². The molecule has 0 saturated heterocycles. The summed E-state index contributed by atoms with van der Waals surface area (Å²) >= 11 is 0. The maximum Gasteiger partial charge on any atom is 0.261 e. The summed E-state index contributed by atoms with van der Waals surface area (Å²) in [6, 6.07) is 42.6. The summed E-state index contributed by atoms with van der Waals surface area (Å²) in [5.41, 5.74) is 6.20. The van der Waals surface area contributed by atoms with Crippen LogP contribution in [0.15, 0.2) is 121 Å². The van der Waals surface area contributed by atoms with E-state index in [0.717, 1.165) is 25.7 Å². The largest absolute Gasteiger partial charge is 0.404 e. The lowest BCUT2D eigenvalue weighted by molar-refractivity contribution is -0.103. The number of rotatable bonds is 14. The zero-order valence-corrected chi connectivity index (χ0v) is 48.8. The highest BCUT2D eigenvalue weighted by Gasteiger charge is 2.52. The Morgan fingerprint density at radius 3 is 1.17 bits per heavy atom. The molecule has 0 bridgehead atoms. The second-order valence-corrected chi connectivity index (χ2v) is 39.4. The van der Waals surface area contributed by atoms with Gasteiger partial charge in [-0.2, -0.15) is 0 Å². The van der Waals surface area contributed by atoms with Gasteiger partial charge >= 0.3 is 0 Å². The number of carbonyl (C=O) groups is 1. The molecular weight excluding hydrogens is 921 g/mol. The zero-order valence-electron chi connectivity index (χ0n) is 44.8. The first-order chi connectivity index (χ1) is 33.0. The first kappa shape index (κ1) is 60.8. The summed E-state index contributed by atoms with van der Waals surface area (Å²) < 4.78 is 14.3. The number of hydrogen-bond acceptors (Lipinski definition) is 4. The lowest BCUT2D eigenvalue weighted by atomic mass is 10.1. The van der Waals surface area contributed by atoms with Gasteiger partial charge in [0.15, 0.2) is 12.4 Å². The minimum atomic E-state index is -2.64. The highest BCUT2D eigenvalue weighted by atomic mass is 28.4. The van der Waals surface area contributed by atoms with Crippen molar-refractivity contribution >= 4 is 59.8 Å². The Kier molecular flexibility index (Phi) is 25.8. The molecule has 0 saturated carbocycles. The molecule has 3 unspecified atom stereocenters. The van der Waals surface area contributed by atoms with Gasteiger partial charge in [0.1, 0.15) is 16.1 Å². The van der Waals surface area contributed by atoms with Crippen LogP contribution in [-0.2, 0) is 13.6 Å². The van der Waals surface area contributed by atoms with Crippen molar-refractivity contribution in [3.05, 3.63) is 121 Å². The van der Waals surface area contributed by atoms with E-state index in [1.54, 1.807) is 0 Å². The van der Waals surface area contributed by atoms with Gasteiger partial charge in [-0.05, 0) is 79.2 Å². The third-order valence-corrected chi connectivity index (χ3v) is 23.0. The molecule has 0 aliphatic carbocycles. The molecule has 4 aromatic rings. The molecule has 0 aliphatic heterocycles. The minimum Gasteiger partial charge on any atom is -0.404 e. The highest BCUT2D eigenvalue weighted by molar-refractivity contribution is 7.00. The molecule has 70 heavy (non-hydrogen) atoms. The van der Waals surface area contributed by atoms with Gasteiger partial charge in [0.2, 0.25) is 0 Å². The SMILES string of the molecule is C#CC#C[Si](C)(C)C.CCCC(CC#CC(O)C#CC#C[Si](C)(C)C)O[Si](c1ccccc1)(c1ccccc1)C(C)(C)C.CCCC(CC#CC=O)O[Si](c1ccccc1)(c1ccccc1)C(C)(C)C. The van der Waals surface area contributed by atoms with E-state index in [1.165, 1.54) is 20.7 Å². The van der Waals surface area contributed by atoms with Gasteiger partial charge in [-0.3, -0.25) is 4.79 Å². The summed E-state index contributed by atoms with van der Waals surface area (Å²) in [5.74, 6) is 24.8. The van der Waals surface area contributed by atoms with E-state index in [0.29, 0.717) is 19.1 Å². The van der Waals surface area contributed by atoms with Crippen molar-refractivity contribution in [2.45, 2.75) is 162 Å². The van der Waals surface area contributed by atoms with Crippen LogP contribution in [0.1, 0.15) is 93.9 Å². The molecule has 0 aliphatic rings. The van der Waals surface area contributed by atoms with Crippen LogP contribution >= 0.6 is 0 Å². The number of carbonyl (C=O) groups excluding carboxylic acids is 1. The van der Waals surface area contributed by atoms with E-state index in [-0.39, 0.29) is 22.3 Å². The standard InChI is InChI=1S/C31H40O2Si2.C24H30O2Si.C7H10Si/c1-8-18-28(21-17-20-27(32)19-15-16-26-34(5,6)7)33-35(31(2,3)4,29-22-11-9-12-23-29)30-24-13-10-14-25-30;1-5-14-21(15-12-13-20-25)26-27(24(2,3)4,22-16-8-6-9-17-22)23-18-10-7-11-19-23;1-5-6-7-8(2,3)4/h9-14,22-25,27-28,32H,8,18,21H2,1-7H3;6-11,16-21H,5,14-15H2,1-4H3;1H,2-4H3. The van der Waals surface area contributed by atoms with E-state index in [4.69, 9.17) is 15.3 Å². The number of benzene rings is 4. The van der Waals surface area contributed by atoms with E-state index in [1.807, 2.05) is 0 Å². The van der Waals surface area contributed by atoms with Crippen molar-refractivity contribution in [2.75, 3.05) is 0 Å². The van der Waals surface area contributed by atoms with E-state index in [2.05, 4.69) is 280 Å². The van der Waals surface area contributed by atoms with Gasteiger partial charge in [0.25, 0.3) is 16.6 Å². The van der Waals surface area contributed by atoms with Crippen molar-refractivity contribution in [1.29, 1.82) is 0 Å². The van der Waals surface area contributed by atoms with Crippen molar-refractivity contribution in [2.24, 2.45) is 0 Å². The van der Waals surface area contributed by atoms with Crippen LogP contribution in [0, 0.1) is 70.8 Å². The van der Waals surface area contributed by atoms with E-state index < -0.39 is 38.9 Å². The molecule has 1 N–H and O–H groups in total. The normalized spacial score (nSPS) is 12.5. The van der Waals surface area contributed by atoms with Crippen LogP contribution in [0.5, 0.6) is 0 Å². The van der Waals surface area contributed by atoms with Crippen LogP contribution in [0.4, 0.5) is 0 Å². The van der Waals surface area contributed by atoms with Crippen molar-refractivity contribution in [1.82, 2.24) is 0 Å². The van der Waals surface area contributed by atoms with Gasteiger partial charge in [-0.1, -0.05) is 247 Å². The number of aliphatic hydroxyl groups is 1.